The van der Waals surface area contributed by atoms with E-state index in [1.165, 1.54) is 57.6 Å². The van der Waals surface area contributed by atoms with Crippen LogP contribution in [0, 0.1) is 5.92 Å². The number of amides is 1. The number of ether oxygens (including phenoxy) is 2. The Morgan fingerprint density at radius 3 is 2.62 bits per heavy atom. The number of carbonyl (C=O) groups excluding carboxylic acids is 1. The molecule has 1 aromatic carbocycles. The average Bonchev–Trinajstić information content (AvgIpc) is 3.21. The van der Waals surface area contributed by atoms with E-state index in [1.807, 2.05) is 0 Å². The summed E-state index contributed by atoms with van der Waals surface area (Å²) in [6, 6.07) is 4.95. The molecule has 1 aliphatic heterocycles. The first-order valence-electron chi connectivity index (χ1n) is 10.4. The normalized spacial score (nSPS) is 19.2. The van der Waals surface area contributed by atoms with E-state index < -0.39 is 6.61 Å². The van der Waals surface area contributed by atoms with Crippen LogP contribution in [-0.2, 0) is 4.79 Å². The van der Waals surface area contributed by atoms with E-state index in [0.717, 1.165) is 31.8 Å². The number of nitrogens with zero attached hydrogens (tertiary/aromatic N) is 1. The molecule has 1 aliphatic carbocycles. The SMILES string of the molecule is COc1cccc(/C=C/C(=O)NC2CCN(CC3CCCC3)CC2)c1OC(F)F. The predicted octanol–water partition coefficient (Wildman–Crippen LogP) is 4.08. The van der Waals surface area contributed by atoms with E-state index in [0.29, 0.717) is 5.56 Å². The number of hydrogen-bond donors (Lipinski definition) is 1. The van der Waals surface area contributed by atoms with Crippen molar-refractivity contribution in [1.29, 1.82) is 0 Å². The number of benzene rings is 1. The number of para-hydroxylation sites is 1. The van der Waals surface area contributed by atoms with Gasteiger partial charge in [0, 0.05) is 37.3 Å². The van der Waals surface area contributed by atoms with Gasteiger partial charge in [-0.05, 0) is 43.7 Å². The van der Waals surface area contributed by atoms with Crippen molar-refractivity contribution in [3.8, 4) is 11.5 Å². The molecule has 0 aromatic heterocycles. The van der Waals surface area contributed by atoms with Crippen molar-refractivity contribution >= 4 is 12.0 Å². The van der Waals surface area contributed by atoms with Crippen molar-refractivity contribution < 1.29 is 23.0 Å². The highest BCUT2D eigenvalue weighted by Crippen LogP contribution is 2.33. The molecule has 3 rings (SSSR count). The number of piperidine rings is 1. The topological polar surface area (TPSA) is 50.8 Å². The van der Waals surface area contributed by atoms with Crippen molar-refractivity contribution in [2.24, 2.45) is 5.92 Å². The summed E-state index contributed by atoms with van der Waals surface area (Å²) in [5, 5.41) is 3.02. The Hall–Kier alpha value is -2.15. The number of nitrogens with one attached hydrogen (secondary N) is 1. The fraction of sp³-hybridized carbons (Fsp3) is 0.591. The van der Waals surface area contributed by atoms with E-state index >= 15 is 0 Å². The highest BCUT2D eigenvalue weighted by atomic mass is 19.3. The second-order valence-electron chi connectivity index (χ2n) is 7.82. The number of methoxy groups -OCH3 is 1. The summed E-state index contributed by atoms with van der Waals surface area (Å²) in [5.74, 6) is 0.735. The molecule has 0 atom stereocenters. The Labute approximate surface area is 171 Å². The molecule has 2 fully saturated rings. The largest absolute Gasteiger partial charge is 0.493 e. The van der Waals surface area contributed by atoms with Gasteiger partial charge in [-0.1, -0.05) is 25.0 Å². The third-order valence-corrected chi connectivity index (χ3v) is 5.78. The summed E-state index contributed by atoms with van der Waals surface area (Å²) in [5.41, 5.74) is 0.367. The lowest BCUT2D eigenvalue weighted by molar-refractivity contribution is -0.117. The maximum atomic E-state index is 12.7. The molecule has 0 bridgehead atoms. The summed E-state index contributed by atoms with van der Waals surface area (Å²) in [7, 11) is 1.38. The van der Waals surface area contributed by atoms with Crippen molar-refractivity contribution in [1.82, 2.24) is 10.2 Å². The van der Waals surface area contributed by atoms with Gasteiger partial charge in [-0.2, -0.15) is 8.78 Å². The summed E-state index contributed by atoms with van der Waals surface area (Å²) < 4.78 is 35.0. The number of alkyl halides is 2. The lowest BCUT2D eigenvalue weighted by Gasteiger charge is -2.33. The number of halogens is 2. The first-order chi connectivity index (χ1) is 14.0. The molecule has 1 saturated heterocycles. The number of rotatable bonds is 8. The van der Waals surface area contributed by atoms with Crippen LogP contribution < -0.4 is 14.8 Å². The molecule has 1 aromatic rings. The molecule has 0 unspecified atom stereocenters. The fourth-order valence-corrected chi connectivity index (χ4v) is 4.27. The summed E-state index contributed by atoms with van der Waals surface area (Å²) in [6.45, 7) is 0.228. The van der Waals surface area contributed by atoms with Crippen molar-refractivity contribution in [3.63, 3.8) is 0 Å². The lowest BCUT2D eigenvalue weighted by atomic mass is 10.0. The van der Waals surface area contributed by atoms with Crippen LogP contribution in [-0.4, -0.2) is 50.2 Å². The molecule has 1 N–H and O–H groups in total. The van der Waals surface area contributed by atoms with E-state index in [4.69, 9.17) is 4.74 Å². The highest BCUT2D eigenvalue weighted by molar-refractivity contribution is 5.92. The highest BCUT2D eigenvalue weighted by Gasteiger charge is 2.24. The fourth-order valence-electron chi connectivity index (χ4n) is 4.27. The second kappa shape index (κ2) is 10.6. The van der Waals surface area contributed by atoms with Crippen LogP contribution in [0.4, 0.5) is 8.78 Å². The third-order valence-electron chi connectivity index (χ3n) is 5.78. The molecule has 1 heterocycles. The van der Waals surface area contributed by atoms with Gasteiger partial charge in [0.05, 0.1) is 7.11 Å². The number of hydrogen-bond acceptors (Lipinski definition) is 4. The molecule has 2 aliphatic rings. The molecule has 5 nitrogen and oxygen atoms in total. The molecule has 0 spiro atoms. The second-order valence-corrected chi connectivity index (χ2v) is 7.82. The van der Waals surface area contributed by atoms with Gasteiger partial charge in [0.1, 0.15) is 0 Å². The Balaban J connectivity index is 1.50. The van der Waals surface area contributed by atoms with Gasteiger partial charge in [0.25, 0.3) is 0 Å². The van der Waals surface area contributed by atoms with Crippen LogP contribution in [0.5, 0.6) is 11.5 Å². The molecule has 160 valence electrons. The van der Waals surface area contributed by atoms with E-state index in [2.05, 4.69) is 15.0 Å². The minimum Gasteiger partial charge on any atom is -0.493 e. The standard InChI is InChI=1S/C22H30F2N2O3/c1-28-19-8-4-7-17(21(19)29-22(23)24)9-10-20(27)25-18-11-13-26(14-12-18)15-16-5-2-3-6-16/h4,7-10,16,18,22H,2-3,5-6,11-15H2,1H3,(H,25,27)/b10-9+. The number of carbonyl (C=O) groups is 1. The summed E-state index contributed by atoms with van der Waals surface area (Å²) in [6.07, 6.45) is 10.1. The van der Waals surface area contributed by atoms with Gasteiger partial charge >= 0.3 is 6.61 Å². The first kappa shape index (κ1) is 21.6. The van der Waals surface area contributed by atoms with Crippen molar-refractivity contribution in [2.45, 2.75) is 51.2 Å². The monoisotopic (exact) mass is 408 g/mol. The quantitative estimate of drug-likeness (QED) is 0.659. The summed E-state index contributed by atoms with van der Waals surface area (Å²) >= 11 is 0. The van der Waals surface area contributed by atoms with Crippen LogP contribution in [0.15, 0.2) is 24.3 Å². The first-order valence-corrected chi connectivity index (χ1v) is 10.4. The maximum absolute atomic E-state index is 12.7. The summed E-state index contributed by atoms with van der Waals surface area (Å²) in [4.78, 5) is 14.8. The van der Waals surface area contributed by atoms with Crippen LogP contribution in [0.2, 0.25) is 0 Å². The molecular formula is C22H30F2N2O3. The van der Waals surface area contributed by atoms with Crippen LogP contribution in [0.3, 0.4) is 0 Å². The third kappa shape index (κ3) is 6.42. The van der Waals surface area contributed by atoms with Crippen molar-refractivity contribution in [3.05, 3.63) is 29.8 Å². The Kier molecular flexibility index (Phi) is 7.86. The van der Waals surface area contributed by atoms with Gasteiger partial charge in [-0.15, -0.1) is 0 Å². The molecule has 29 heavy (non-hydrogen) atoms. The van der Waals surface area contributed by atoms with E-state index in [9.17, 15) is 13.6 Å². The smallest absolute Gasteiger partial charge is 0.387 e. The minimum absolute atomic E-state index is 0.0747. The molecule has 1 saturated carbocycles. The molecule has 7 heteroatoms. The van der Waals surface area contributed by atoms with Crippen LogP contribution in [0.1, 0.15) is 44.1 Å². The van der Waals surface area contributed by atoms with E-state index in [1.54, 1.807) is 12.1 Å². The number of likely N-dealkylation sites (tertiary alicyclic amines) is 1. The van der Waals surface area contributed by atoms with Gasteiger partial charge in [-0.3, -0.25) is 4.79 Å². The van der Waals surface area contributed by atoms with E-state index in [-0.39, 0.29) is 23.4 Å². The average molecular weight is 408 g/mol. The molecule has 0 radical (unpaired) electrons. The zero-order valence-electron chi connectivity index (χ0n) is 16.9. The maximum Gasteiger partial charge on any atom is 0.387 e. The van der Waals surface area contributed by atoms with Gasteiger partial charge in [0.2, 0.25) is 5.91 Å². The molecular weight excluding hydrogens is 378 g/mol. The van der Waals surface area contributed by atoms with Crippen LogP contribution >= 0.6 is 0 Å². The van der Waals surface area contributed by atoms with Crippen LogP contribution in [0.25, 0.3) is 6.08 Å². The minimum atomic E-state index is -2.97. The Bertz CT molecular complexity index is 697. The van der Waals surface area contributed by atoms with Gasteiger partial charge < -0.3 is 19.7 Å². The predicted molar refractivity (Wildman–Crippen MR) is 108 cm³/mol. The Morgan fingerprint density at radius 1 is 1.24 bits per heavy atom. The van der Waals surface area contributed by atoms with Gasteiger partial charge in [0.15, 0.2) is 11.5 Å². The van der Waals surface area contributed by atoms with Crippen molar-refractivity contribution in [2.75, 3.05) is 26.7 Å². The lowest BCUT2D eigenvalue weighted by Crippen LogP contribution is -2.45. The zero-order valence-corrected chi connectivity index (χ0v) is 16.9. The van der Waals surface area contributed by atoms with Gasteiger partial charge in [-0.25, -0.2) is 0 Å². The zero-order chi connectivity index (χ0) is 20.6. The Morgan fingerprint density at radius 2 is 1.97 bits per heavy atom. The molecule has 1 amide bonds.